The number of aliphatic imine (C=N–C) groups is 1. The fourth-order valence-corrected chi connectivity index (χ4v) is 9.83. The summed E-state index contributed by atoms with van der Waals surface area (Å²) in [5.41, 5.74) is 13.9. The van der Waals surface area contributed by atoms with Crippen molar-refractivity contribution in [3.05, 3.63) is 106 Å². The lowest BCUT2D eigenvalue weighted by Gasteiger charge is -2.29. The SMILES string of the molecule is CC.Cc1nc2c(F)cc(C3=CC(C4=Nc5cnc(-c6c[nH]c7nc(CC8CCC8)ccc67)cc5C4C(C)C)Cc4nc(CC5CCC5)ccc43)cc2n1C(C)C.[HH]. The Morgan fingerprint density at radius 2 is 1.60 bits per heavy atom. The molecule has 7 nitrogen and oxygen atoms in total. The number of hydrogen-bond acceptors (Lipinski definition) is 5. The Bertz CT molecular complexity index is 2550. The van der Waals surface area contributed by atoms with Gasteiger partial charge in [0.05, 0.1) is 23.1 Å². The van der Waals surface area contributed by atoms with E-state index in [2.05, 4.69) is 90.9 Å². The minimum Gasteiger partial charge on any atom is -0.345 e. The zero-order valence-corrected chi connectivity index (χ0v) is 34.7. The van der Waals surface area contributed by atoms with E-state index >= 15 is 4.39 Å². The Morgan fingerprint density at radius 3 is 2.28 bits per heavy atom. The fourth-order valence-electron chi connectivity index (χ4n) is 9.83. The molecule has 57 heavy (non-hydrogen) atoms. The lowest BCUT2D eigenvalue weighted by Crippen LogP contribution is -2.27. The largest absolute Gasteiger partial charge is 0.345 e. The molecule has 3 aliphatic carbocycles. The molecule has 2 atom stereocenters. The predicted molar refractivity (Wildman–Crippen MR) is 233 cm³/mol. The van der Waals surface area contributed by atoms with Crippen molar-refractivity contribution >= 4 is 39.0 Å². The first kappa shape index (κ1) is 37.6. The van der Waals surface area contributed by atoms with Gasteiger partial charge in [-0.25, -0.2) is 14.4 Å². The molecule has 0 amide bonds. The van der Waals surface area contributed by atoms with E-state index in [-0.39, 0.29) is 25.1 Å². The summed E-state index contributed by atoms with van der Waals surface area (Å²) in [6, 6.07) is 15.1. The monoisotopic (exact) mass is 763 g/mol. The van der Waals surface area contributed by atoms with Gasteiger partial charge in [0.25, 0.3) is 0 Å². The van der Waals surface area contributed by atoms with Gasteiger partial charge in [-0.2, -0.15) is 0 Å². The molecule has 0 bridgehead atoms. The van der Waals surface area contributed by atoms with Gasteiger partial charge in [-0.05, 0) is 104 Å². The van der Waals surface area contributed by atoms with Crippen LogP contribution in [0.4, 0.5) is 10.1 Å². The number of imidazole rings is 1. The lowest BCUT2D eigenvalue weighted by atomic mass is 9.75. The third-order valence-corrected chi connectivity index (χ3v) is 13.0. The van der Waals surface area contributed by atoms with Crippen LogP contribution in [0.2, 0.25) is 0 Å². The summed E-state index contributed by atoms with van der Waals surface area (Å²) in [5, 5.41) is 1.10. The highest BCUT2D eigenvalue weighted by Crippen LogP contribution is 2.47. The van der Waals surface area contributed by atoms with Crippen LogP contribution in [-0.2, 0) is 19.3 Å². The first-order chi connectivity index (χ1) is 27.7. The number of pyridine rings is 3. The average molecular weight is 764 g/mol. The lowest BCUT2D eigenvalue weighted by molar-refractivity contribution is 0.312. The van der Waals surface area contributed by atoms with Gasteiger partial charge in [-0.3, -0.25) is 15.0 Å². The molecule has 2 fully saturated rings. The molecular formula is C49H58FN7. The summed E-state index contributed by atoms with van der Waals surface area (Å²) in [5.74, 6) is 2.45. The predicted octanol–water partition coefficient (Wildman–Crippen LogP) is 12.5. The maximum absolute atomic E-state index is 16.0. The Labute approximate surface area is 337 Å². The summed E-state index contributed by atoms with van der Waals surface area (Å²) >= 11 is 0. The van der Waals surface area contributed by atoms with E-state index in [0.717, 1.165) is 104 Å². The number of allylic oxidation sites excluding steroid dienone is 1. The molecule has 10 rings (SSSR count). The second kappa shape index (κ2) is 15.1. The topological polar surface area (TPSA) is 84.6 Å². The van der Waals surface area contributed by atoms with Crippen LogP contribution >= 0.6 is 0 Å². The first-order valence-electron chi connectivity index (χ1n) is 21.6. The quantitative estimate of drug-likeness (QED) is 0.159. The molecule has 6 aromatic rings. The fraction of sp³-hybridized carbons (Fsp3) is 0.449. The van der Waals surface area contributed by atoms with E-state index in [4.69, 9.17) is 19.9 Å². The number of rotatable bonds is 9. The van der Waals surface area contributed by atoms with E-state index < -0.39 is 0 Å². The number of aromatic nitrogens is 6. The zero-order chi connectivity index (χ0) is 39.5. The summed E-state index contributed by atoms with van der Waals surface area (Å²) < 4.78 is 18.2. The molecule has 6 heterocycles. The minimum atomic E-state index is -0.291. The second-order valence-electron chi connectivity index (χ2n) is 17.4. The Morgan fingerprint density at radius 1 is 0.877 bits per heavy atom. The van der Waals surface area contributed by atoms with Gasteiger partial charge in [0, 0.05) is 71.2 Å². The van der Waals surface area contributed by atoms with Crippen LogP contribution in [0.25, 0.3) is 38.9 Å². The van der Waals surface area contributed by atoms with Crippen molar-refractivity contribution in [1.29, 1.82) is 0 Å². The molecule has 1 aromatic carbocycles. The number of fused-ring (bicyclic) bond motifs is 4. The molecule has 5 aromatic heterocycles. The highest BCUT2D eigenvalue weighted by molar-refractivity contribution is 6.04. The number of aryl methyl sites for hydroxylation is 1. The average Bonchev–Trinajstić information content (AvgIpc) is 3.87. The van der Waals surface area contributed by atoms with E-state index in [1.807, 2.05) is 27.0 Å². The zero-order valence-electron chi connectivity index (χ0n) is 34.7. The number of nitrogens with one attached hydrogen (secondary N) is 1. The summed E-state index contributed by atoms with van der Waals surface area (Å²) in [7, 11) is 0. The van der Waals surface area contributed by atoms with E-state index in [1.165, 1.54) is 49.8 Å². The van der Waals surface area contributed by atoms with Gasteiger partial charge >= 0.3 is 0 Å². The number of hydrogen-bond donors (Lipinski definition) is 1. The number of H-pyrrole nitrogens is 1. The van der Waals surface area contributed by atoms with E-state index in [9.17, 15) is 0 Å². The van der Waals surface area contributed by atoms with Crippen LogP contribution in [-0.4, -0.2) is 35.2 Å². The molecule has 296 valence electrons. The van der Waals surface area contributed by atoms with Crippen LogP contribution in [0.3, 0.4) is 0 Å². The summed E-state index contributed by atoms with van der Waals surface area (Å²) in [4.78, 5) is 28.8. The van der Waals surface area contributed by atoms with E-state index in [0.29, 0.717) is 11.4 Å². The van der Waals surface area contributed by atoms with Gasteiger partial charge in [-0.1, -0.05) is 78.4 Å². The van der Waals surface area contributed by atoms with Crippen LogP contribution in [0, 0.1) is 36.4 Å². The van der Waals surface area contributed by atoms with Gasteiger partial charge in [0.15, 0.2) is 5.82 Å². The molecule has 0 spiro atoms. The number of nitrogens with zero attached hydrogens (tertiary/aromatic N) is 6. The van der Waals surface area contributed by atoms with Crippen LogP contribution in [0.1, 0.15) is 133 Å². The van der Waals surface area contributed by atoms with Gasteiger partial charge in [0.1, 0.15) is 17.0 Å². The highest BCUT2D eigenvalue weighted by Gasteiger charge is 2.37. The van der Waals surface area contributed by atoms with E-state index in [1.54, 1.807) is 6.07 Å². The smallest absolute Gasteiger partial charge is 0.151 e. The normalized spacial score (nSPS) is 19.3. The van der Waals surface area contributed by atoms with Crippen LogP contribution in [0.15, 0.2) is 65.9 Å². The minimum absolute atomic E-state index is 0. The first-order valence-corrected chi connectivity index (χ1v) is 21.6. The summed E-state index contributed by atoms with van der Waals surface area (Å²) in [6.07, 6.45) is 17.1. The molecule has 1 aliphatic heterocycles. The van der Waals surface area contributed by atoms with Crippen molar-refractivity contribution < 1.29 is 5.82 Å². The molecule has 0 radical (unpaired) electrons. The maximum Gasteiger partial charge on any atom is 0.151 e. The third-order valence-electron chi connectivity index (χ3n) is 13.0. The molecule has 0 saturated heterocycles. The molecule has 1 N–H and O–H groups in total. The number of aromatic amines is 1. The Kier molecular flexibility index (Phi) is 9.94. The highest BCUT2D eigenvalue weighted by atomic mass is 19.1. The maximum atomic E-state index is 16.0. The van der Waals surface area contributed by atoms with Crippen LogP contribution in [0.5, 0.6) is 0 Å². The Hall–Kier alpha value is -4.98. The van der Waals surface area contributed by atoms with Crippen molar-refractivity contribution in [2.24, 2.45) is 28.7 Å². The molecular weight excluding hydrogens is 706 g/mol. The second-order valence-corrected chi connectivity index (χ2v) is 17.4. The van der Waals surface area contributed by atoms with Crippen molar-refractivity contribution in [2.75, 3.05) is 0 Å². The Balaban J connectivity index is 0.00000154. The van der Waals surface area contributed by atoms with Crippen molar-refractivity contribution in [3.63, 3.8) is 0 Å². The van der Waals surface area contributed by atoms with Crippen molar-refractivity contribution in [2.45, 2.75) is 118 Å². The summed E-state index contributed by atoms with van der Waals surface area (Å²) in [6.45, 7) is 14.8. The standard InChI is InChI=1S/C47H50FN7.C2H6.H2/c1-25(2)44-37-22-40(38-23-50-47-35(38)15-13-33(53-47)17-29-10-7-11-29)49-24-42(37)54-45(44)31-18-36(34-14-12-32(52-41(34)20-31)16-28-8-6-9-28)30-19-39(48)46-43(21-30)55(26(3)4)27(5)51-46;1-2;/h12-15,18-19,21-26,28-29,31,44H,6-11,16-17,20H2,1-5H3,(H,50,53);1-2H3;1H. The molecule has 8 heteroatoms. The van der Waals surface area contributed by atoms with Crippen molar-refractivity contribution in [1.82, 2.24) is 29.5 Å². The molecule has 2 unspecified atom stereocenters. The van der Waals surface area contributed by atoms with Crippen LogP contribution < -0.4 is 0 Å². The van der Waals surface area contributed by atoms with Gasteiger partial charge in [-0.15, -0.1) is 0 Å². The molecule has 2 saturated carbocycles. The molecule has 4 aliphatic rings. The number of halogens is 1. The number of benzene rings is 1. The van der Waals surface area contributed by atoms with Gasteiger partial charge < -0.3 is 9.55 Å². The van der Waals surface area contributed by atoms with Gasteiger partial charge in [0.2, 0.25) is 0 Å². The third kappa shape index (κ3) is 6.72. The van der Waals surface area contributed by atoms with Crippen molar-refractivity contribution in [3.8, 4) is 11.3 Å².